The van der Waals surface area contributed by atoms with Crippen molar-refractivity contribution in [3.05, 3.63) is 0 Å². The topological polar surface area (TPSA) is 69.6 Å². The zero-order chi connectivity index (χ0) is 15.3. The molecule has 1 saturated heterocycles. The summed E-state index contributed by atoms with van der Waals surface area (Å²) in [6.07, 6.45) is 2.57. The van der Waals surface area contributed by atoms with E-state index in [2.05, 4.69) is 26.1 Å². The Kier molecular flexibility index (Phi) is 5.84. The minimum Gasteiger partial charge on any atom is -0.481 e. The molecule has 20 heavy (non-hydrogen) atoms. The number of nitrogens with one attached hydrogen (secondary N) is 1. The van der Waals surface area contributed by atoms with Crippen LogP contribution >= 0.6 is 0 Å². The van der Waals surface area contributed by atoms with Gasteiger partial charge in [0.25, 0.3) is 0 Å². The van der Waals surface area contributed by atoms with E-state index in [-0.39, 0.29) is 12.6 Å². The Morgan fingerprint density at radius 2 is 1.85 bits per heavy atom. The standard InChI is InChI=1S/C15H28N2O3/c1-5-11(13(18)19)10-16-14(20)17-8-6-12(7-9-17)15(2,3)4/h11-12H,5-10H2,1-4H3,(H,16,20)(H,18,19). The smallest absolute Gasteiger partial charge is 0.317 e. The van der Waals surface area contributed by atoms with Crippen molar-refractivity contribution in [2.24, 2.45) is 17.3 Å². The van der Waals surface area contributed by atoms with E-state index in [1.807, 2.05) is 6.92 Å². The first-order chi connectivity index (χ1) is 9.25. The second-order valence-corrected chi connectivity index (χ2v) is 6.76. The Morgan fingerprint density at radius 1 is 1.30 bits per heavy atom. The van der Waals surface area contributed by atoms with Crippen molar-refractivity contribution in [3.8, 4) is 0 Å². The number of hydrogen-bond acceptors (Lipinski definition) is 2. The van der Waals surface area contributed by atoms with Gasteiger partial charge in [-0.15, -0.1) is 0 Å². The number of amides is 2. The Bertz CT molecular complexity index is 342. The van der Waals surface area contributed by atoms with E-state index in [0.717, 1.165) is 25.9 Å². The fourth-order valence-corrected chi connectivity index (χ4v) is 2.68. The molecule has 2 N–H and O–H groups in total. The van der Waals surface area contributed by atoms with Gasteiger partial charge in [0, 0.05) is 19.6 Å². The van der Waals surface area contributed by atoms with Crippen LogP contribution in [0.1, 0.15) is 47.0 Å². The minimum absolute atomic E-state index is 0.128. The lowest BCUT2D eigenvalue weighted by Gasteiger charge is -2.38. The average Bonchev–Trinajstić information content (AvgIpc) is 2.38. The van der Waals surface area contributed by atoms with Crippen molar-refractivity contribution in [3.63, 3.8) is 0 Å². The number of likely N-dealkylation sites (tertiary alicyclic amines) is 1. The summed E-state index contributed by atoms with van der Waals surface area (Å²) in [5.74, 6) is -0.695. The average molecular weight is 284 g/mol. The van der Waals surface area contributed by atoms with Crippen LogP contribution in [0, 0.1) is 17.3 Å². The molecular formula is C15H28N2O3. The van der Waals surface area contributed by atoms with E-state index in [1.165, 1.54) is 0 Å². The number of piperidine rings is 1. The van der Waals surface area contributed by atoms with Gasteiger partial charge in [0.1, 0.15) is 0 Å². The molecule has 5 nitrogen and oxygen atoms in total. The predicted molar refractivity (Wildman–Crippen MR) is 78.6 cm³/mol. The Morgan fingerprint density at radius 3 is 2.25 bits per heavy atom. The Labute approximate surface area is 121 Å². The molecule has 1 aliphatic heterocycles. The number of hydrogen-bond donors (Lipinski definition) is 2. The van der Waals surface area contributed by atoms with E-state index in [4.69, 9.17) is 5.11 Å². The molecule has 1 unspecified atom stereocenters. The number of rotatable bonds is 4. The van der Waals surface area contributed by atoms with Gasteiger partial charge in [-0.2, -0.15) is 0 Å². The van der Waals surface area contributed by atoms with E-state index in [0.29, 0.717) is 17.8 Å². The van der Waals surface area contributed by atoms with Crippen molar-refractivity contribution in [2.45, 2.75) is 47.0 Å². The third-order valence-electron chi connectivity index (χ3n) is 4.35. The van der Waals surface area contributed by atoms with E-state index < -0.39 is 11.9 Å². The van der Waals surface area contributed by atoms with Gasteiger partial charge in [0.2, 0.25) is 0 Å². The highest BCUT2D eigenvalue weighted by atomic mass is 16.4. The largest absolute Gasteiger partial charge is 0.481 e. The van der Waals surface area contributed by atoms with Gasteiger partial charge < -0.3 is 15.3 Å². The zero-order valence-electron chi connectivity index (χ0n) is 13.1. The number of carbonyl (C=O) groups excluding carboxylic acids is 1. The van der Waals surface area contributed by atoms with Crippen molar-refractivity contribution in [2.75, 3.05) is 19.6 Å². The molecule has 1 atom stereocenters. The lowest BCUT2D eigenvalue weighted by atomic mass is 9.75. The molecule has 0 spiro atoms. The van der Waals surface area contributed by atoms with Crippen molar-refractivity contribution < 1.29 is 14.7 Å². The zero-order valence-corrected chi connectivity index (χ0v) is 13.1. The molecule has 0 aliphatic carbocycles. The number of urea groups is 1. The third-order valence-corrected chi connectivity index (χ3v) is 4.35. The first kappa shape index (κ1) is 16.8. The minimum atomic E-state index is -0.848. The highest BCUT2D eigenvalue weighted by Gasteiger charge is 2.30. The van der Waals surface area contributed by atoms with Crippen molar-refractivity contribution >= 4 is 12.0 Å². The van der Waals surface area contributed by atoms with Crippen LogP contribution in [0.15, 0.2) is 0 Å². The summed E-state index contributed by atoms with van der Waals surface area (Å²) in [5.41, 5.74) is 0.291. The maximum atomic E-state index is 12.0. The number of carboxylic acids is 1. The Hall–Kier alpha value is -1.26. The van der Waals surface area contributed by atoms with Crippen LogP contribution < -0.4 is 5.32 Å². The maximum absolute atomic E-state index is 12.0. The molecule has 1 rings (SSSR count). The second kappa shape index (κ2) is 6.95. The molecule has 1 heterocycles. The summed E-state index contributed by atoms with van der Waals surface area (Å²) in [4.78, 5) is 24.7. The number of aliphatic carboxylic acids is 1. The lowest BCUT2D eigenvalue weighted by molar-refractivity contribution is -0.141. The molecule has 1 aliphatic rings. The van der Waals surface area contributed by atoms with Gasteiger partial charge in [-0.05, 0) is 30.6 Å². The fraction of sp³-hybridized carbons (Fsp3) is 0.867. The van der Waals surface area contributed by atoms with Crippen LogP contribution in [0.4, 0.5) is 4.79 Å². The summed E-state index contributed by atoms with van der Waals surface area (Å²) in [6.45, 7) is 10.3. The quantitative estimate of drug-likeness (QED) is 0.833. The fourth-order valence-electron chi connectivity index (χ4n) is 2.68. The SMILES string of the molecule is CCC(CNC(=O)N1CCC(C(C)(C)C)CC1)C(=O)O. The molecule has 5 heteroatoms. The molecule has 1 fully saturated rings. The summed E-state index contributed by atoms with van der Waals surface area (Å²) in [5, 5.41) is 11.7. The highest BCUT2D eigenvalue weighted by molar-refractivity contribution is 5.76. The highest BCUT2D eigenvalue weighted by Crippen LogP contribution is 2.34. The van der Waals surface area contributed by atoms with Gasteiger partial charge in [-0.1, -0.05) is 27.7 Å². The first-order valence-corrected chi connectivity index (χ1v) is 7.51. The molecule has 0 radical (unpaired) electrons. The predicted octanol–water partition coefficient (Wildman–Crippen LogP) is 2.56. The molecule has 116 valence electrons. The third kappa shape index (κ3) is 4.69. The van der Waals surface area contributed by atoms with Crippen LogP contribution in [0.5, 0.6) is 0 Å². The molecule has 0 saturated carbocycles. The van der Waals surface area contributed by atoms with Gasteiger partial charge in [-0.3, -0.25) is 4.79 Å². The van der Waals surface area contributed by atoms with Crippen LogP contribution in [-0.2, 0) is 4.79 Å². The van der Waals surface area contributed by atoms with Crippen molar-refractivity contribution in [1.29, 1.82) is 0 Å². The molecule has 2 amide bonds. The maximum Gasteiger partial charge on any atom is 0.317 e. The van der Waals surface area contributed by atoms with Crippen LogP contribution in [-0.4, -0.2) is 41.6 Å². The Balaban J connectivity index is 2.38. The van der Waals surface area contributed by atoms with Crippen LogP contribution in [0.25, 0.3) is 0 Å². The van der Waals surface area contributed by atoms with E-state index >= 15 is 0 Å². The molecule has 0 aromatic carbocycles. The number of nitrogens with zero attached hydrogens (tertiary/aromatic N) is 1. The van der Waals surface area contributed by atoms with Crippen LogP contribution in [0.2, 0.25) is 0 Å². The molecule has 0 aromatic heterocycles. The summed E-state index contributed by atoms with van der Waals surface area (Å²) in [6, 6.07) is -0.128. The monoisotopic (exact) mass is 284 g/mol. The second-order valence-electron chi connectivity index (χ2n) is 6.76. The van der Waals surface area contributed by atoms with Gasteiger partial charge in [0.15, 0.2) is 0 Å². The van der Waals surface area contributed by atoms with Crippen LogP contribution in [0.3, 0.4) is 0 Å². The summed E-state index contributed by atoms with van der Waals surface area (Å²) in [7, 11) is 0. The lowest BCUT2D eigenvalue weighted by Crippen LogP contribution is -2.47. The molecular weight excluding hydrogens is 256 g/mol. The van der Waals surface area contributed by atoms with Gasteiger partial charge >= 0.3 is 12.0 Å². The van der Waals surface area contributed by atoms with E-state index in [1.54, 1.807) is 4.90 Å². The number of carbonyl (C=O) groups is 2. The van der Waals surface area contributed by atoms with Crippen molar-refractivity contribution in [1.82, 2.24) is 10.2 Å². The summed E-state index contributed by atoms with van der Waals surface area (Å²) >= 11 is 0. The first-order valence-electron chi connectivity index (χ1n) is 7.51. The molecule has 0 bridgehead atoms. The molecule has 0 aromatic rings. The van der Waals surface area contributed by atoms with Gasteiger partial charge in [-0.25, -0.2) is 4.79 Å². The van der Waals surface area contributed by atoms with Gasteiger partial charge in [0.05, 0.1) is 5.92 Å². The number of carboxylic acid groups (broad SMARTS) is 1. The summed E-state index contributed by atoms with van der Waals surface area (Å²) < 4.78 is 0. The van der Waals surface area contributed by atoms with E-state index in [9.17, 15) is 9.59 Å². The normalized spacial score (nSPS) is 18.7.